The molecule has 20 heavy (non-hydrogen) atoms. The number of fused-ring (bicyclic) bond motifs is 1. The van der Waals surface area contributed by atoms with E-state index in [9.17, 15) is 0 Å². The predicted octanol–water partition coefficient (Wildman–Crippen LogP) is 3.75. The molecule has 0 bridgehead atoms. The number of para-hydroxylation sites is 2. The molecule has 0 aliphatic rings. The van der Waals surface area contributed by atoms with Crippen molar-refractivity contribution < 1.29 is 4.57 Å². The van der Waals surface area contributed by atoms with Gasteiger partial charge in [-0.05, 0) is 35.2 Å². The molecular formula is C18H21N2+. The zero-order chi connectivity index (χ0) is 14.3. The molecule has 0 unspecified atom stereocenters. The van der Waals surface area contributed by atoms with Gasteiger partial charge in [0.1, 0.15) is 5.69 Å². The second kappa shape index (κ2) is 4.48. The van der Waals surface area contributed by atoms with Gasteiger partial charge in [0.05, 0.1) is 7.05 Å². The number of aromatic nitrogens is 2. The first-order valence-electron chi connectivity index (χ1n) is 7.03. The molecule has 2 heteroatoms. The van der Waals surface area contributed by atoms with Gasteiger partial charge in [-0.2, -0.15) is 4.57 Å². The van der Waals surface area contributed by atoms with Crippen LogP contribution in [0.3, 0.4) is 0 Å². The number of nitrogens with zero attached hydrogens (tertiary/aromatic N) is 2. The van der Waals surface area contributed by atoms with Crippen molar-refractivity contribution in [1.82, 2.24) is 4.57 Å². The van der Waals surface area contributed by atoms with Crippen molar-refractivity contribution in [3.8, 4) is 5.69 Å². The smallest absolute Gasteiger partial charge is 0.232 e. The van der Waals surface area contributed by atoms with E-state index in [1.807, 2.05) is 0 Å². The minimum Gasteiger partial charge on any atom is -0.232 e. The third-order valence-electron chi connectivity index (χ3n) is 3.82. The van der Waals surface area contributed by atoms with Crippen molar-refractivity contribution in [1.29, 1.82) is 0 Å². The molecule has 0 atom stereocenters. The maximum Gasteiger partial charge on any atom is 0.249 e. The van der Waals surface area contributed by atoms with Gasteiger partial charge in [-0.25, -0.2) is 4.57 Å². The summed E-state index contributed by atoms with van der Waals surface area (Å²) in [6.07, 6.45) is 2.14. The molecule has 0 radical (unpaired) electrons. The van der Waals surface area contributed by atoms with Gasteiger partial charge in [-0.3, -0.25) is 0 Å². The molecule has 0 spiro atoms. The molecule has 102 valence electrons. The molecule has 0 aliphatic carbocycles. The van der Waals surface area contributed by atoms with Crippen LogP contribution in [0.5, 0.6) is 0 Å². The maximum absolute atomic E-state index is 2.24. The molecule has 0 saturated heterocycles. The van der Waals surface area contributed by atoms with Gasteiger partial charge < -0.3 is 0 Å². The lowest BCUT2D eigenvalue weighted by Gasteiger charge is -2.18. The highest BCUT2D eigenvalue weighted by Gasteiger charge is 2.16. The van der Waals surface area contributed by atoms with Gasteiger partial charge >= 0.3 is 0 Å². The van der Waals surface area contributed by atoms with Crippen LogP contribution in [0.15, 0.2) is 54.9 Å². The van der Waals surface area contributed by atoms with Crippen molar-refractivity contribution in [3.05, 3.63) is 60.4 Å². The second-order valence-electron chi connectivity index (χ2n) is 6.38. The zero-order valence-electron chi connectivity index (χ0n) is 12.6. The van der Waals surface area contributed by atoms with Crippen LogP contribution >= 0.6 is 0 Å². The summed E-state index contributed by atoms with van der Waals surface area (Å²) in [5.74, 6) is 0. The molecule has 0 N–H and O–H groups in total. The van der Waals surface area contributed by atoms with E-state index in [0.29, 0.717) is 0 Å². The standard InChI is InChI=1S/C18H21N2/c1-18(2,3)14-9-11-15(12-10-14)20-13-19(4)16-7-5-6-8-17(16)20/h5-13H,1-4H3/q+1. The Hall–Kier alpha value is -2.09. The summed E-state index contributed by atoms with van der Waals surface area (Å²) in [4.78, 5) is 0. The van der Waals surface area contributed by atoms with Crippen molar-refractivity contribution in [3.63, 3.8) is 0 Å². The van der Waals surface area contributed by atoms with Crippen LogP contribution in [0, 0.1) is 0 Å². The summed E-state index contributed by atoms with van der Waals surface area (Å²) in [6.45, 7) is 6.73. The number of aryl methyl sites for hydroxylation is 1. The summed E-state index contributed by atoms with van der Waals surface area (Å²) >= 11 is 0. The van der Waals surface area contributed by atoms with Crippen molar-refractivity contribution in [2.45, 2.75) is 26.2 Å². The average Bonchev–Trinajstić information content (AvgIpc) is 2.76. The third kappa shape index (κ3) is 2.11. The lowest BCUT2D eigenvalue weighted by molar-refractivity contribution is -0.645. The lowest BCUT2D eigenvalue weighted by atomic mass is 9.87. The first kappa shape index (κ1) is 12.9. The Balaban J connectivity index is 2.12. The van der Waals surface area contributed by atoms with Crippen molar-refractivity contribution in [2.75, 3.05) is 0 Å². The van der Waals surface area contributed by atoms with Crippen LogP contribution in [0.2, 0.25) is 0 Å². The molecule has 0 aliphatic heterocycles. The molecule has 1 aromatic heterocycles. The Morgan fingerprint density at radius 1 is 0.900 bits per heavy atom. The van der Waals surface area contributed by atoms with Gasteiger partial charge in [0.25, 0.3) is 0 Å². The first-order valence-corrected chi connectivity index (χ1v) is 7.03. The van der Waals surface area contributed by atoms with Gasteiger partial charge in [-0.1, -0.05) is 45.0 Å². The van der Waals surface area contributed by atoms with E-state index in [4.69, 9.17) is 0 Å². The lowest BCUT2D eigenvalue weighted by Crippen LogP contribution is -2.25. The van der Waals surface area contributed by atoms with E-state index in [2.05, 4.69) is 91.8 Å². The summed E-state index contributed by atoms with van der Waals surface area (Å²) in [5, 5.41) is 0. The fraction of sp³-hybridized carbons (Fsp3) is 0.278. The highest BCUT2D eigenvalue weighted by molar-refractivity contribution is 5.73. The molecule has 1 heterocycles. The van der Waals surface area contributed by atoms with E-state index >= 15 is 0 Å². The van der Waals surface area contributed by atoms with E-state index in [1.54, 1.807) is 0 Å². The monoisotopic (exact) mass is 265 g/mol. The fourth-order valence-electron chi connectivity index (χ4n) is 2.59. The topological polar surface area (TPSA) is 8.81 Å². The molecule has 2 nitrogen and oxygen atoms in total. The maximum atomic E-state index is 2.24. The van der Waals surface area contributed by atoms with Crippen LogP contribution in [0.4, 0.5) is 0 Å². The number of imidazole rings is 1. The van der Waals surface area contributed by atoms with Crippen LogP contribution < -0.4 is 4.57 Å². The Bertz CT molecular complexity index is 743. The van der Waals surface area contributed by atoms with Gasteiger partial charge in [0, 0.05) is 0 Å². The molecular weight excluding hydrogens is 244 g/mol. The zero-order valence-corrected chi connectivity index (χ0v) is 12.6. The Labute approximate surface area is 120 Å². The largest absolute Gasteiger partial charge is 0.249 e. The van der Waals surface area contributed by atoms with Crippen molar-refractivity contribution in [2.24, 2.45) is 7.05 Å². The average molecular weight is 265 g/mol. The SMILES string of the molecule is C[n+]1cn(-c2ccc(C(C)(C)C)cc2)c2ccccc21. The van der Waals surface area contributed by atoms with Gasteiger partial charge in [0.15, 0.2) is 11.0 Å². The number of rotatable bonds is 1. The van der Waals surface area contributed by atoms with E-state index in [-0.39, 0.29) is 5.41 Å². The molecule has 3 rings (SSSR count). The van der Waals surface area contributed by atoms with E-state index in [0.717, 1.165) is 0 Å². The fourth-order valence-corrected chi connectivity index (χ4v) is 2.59. The van der Waals surface area contributed by atoms with Crippen LogP contribution in [0.25, 0.3) is 16.7 Å². The third-order valence-corrected chi connectivity index (χ3v) is 3.82. The predicted molar refractivity (Wildman–Crippen MR) is 83.2 cm³/mol. The highest BCUT2D eigenvalue weighted by atomic mass is 15.1. The van der Waals surface area contributed by atoms with Crippen LogP contribution in [-0.4, -0.2) is 4.57 Å². The number of benzene rings is 2. The number of hydrogen-bond donors (Lipinski definition) is 0. The molecule has 0 amide bonds. The first-order chi connectivity index (χ1) is 9.47. The summed E-state index contributed by atoms with van der Waals surface area (Å²) in [6, 6.07) is 17.3. The quantitative estimate of drug-likeness (QED) is 0.593. The Morgan fingerprint density at radius 2 is 1.55 bits per heavy atom. The molecule has 2 aromatic carbocycles. The number of hydrogen-bond acceptors (Lipinski definition) is 0. The molecule has 0 saturated carbocycles. The Morgan fingerprint density at radius 3 is 2.20 bits per heavy atom. The minimum absolute atomic E-state index is 0.196. The Kier molecular flexibility index (Phi) is 2.89. The van der Waals surface area contributed by atoms with Crippen LogP contribution in [0.1, 0.15) is 26.3 Å². The molecule has 3 aromatic rings. The van der Waals surface area contributed by atoms with E-state index in [1.165, 1.54) is 22.3 Å². The van der Waals surface area contributed by atoms with Crippen molar-refractivity contribution >= 4 is 11.0 Å². The normalized spacial score (nSPS) is 12.0. The second-order valence-corrected chi connectivity index (χ2v) is 6.38. The minimum atomic E-state index is 0.196. The molecule has 0 fully saturated rings. The summed E-state index contributed by atoms with van der Waals surface area (Å²) in [7, 11) is 2.09. The summed E-state index contributed by atoms with van der Waals surface area (Å²) < 4.78 is 4.40. The van der Waals surface area contributed by atoms with Crippen LogP contribution in [-0.2, 0) is 12.5 Å². The highest BCUT2D eigenvalue weighted by Crippen LogP contribution is 2.24. The van der Waals surface area contributed by atoms with E-state index < -0.39 is 0 Å². The van der Waals surface area contributed by atoms with Gasteiger partial charge in [0.2, 0.25) is 6.33 Å². The van der Waals surface area contributed by atoms with Gasteiger partial charge in [-0.15, -0.1) is 0 Å². The summed E-state index contributed by atoms with van der Waals surface area (Å²) in [5.41, 5.74) is 5.24.